The van der Waals surface area contributed by atoms with Gasteiger partial charge in [0.05, 0.1) is 11.6 Å². The second kappa shape index (κ2) is 5.44. The van der Waals surface area contributed by atoms with E-state index in [1.807, 2.05) is 39.0 Å². The third-order valence-electron chi connectivity index (χ3n) is 3.91. The number of ether oxygens (including phenoxy) is 1. The highest BCUT2D eigenvalue weighted by Crippen LogP contribution is 2.38. The Hall–Kier alpha value is -2.80. The fraction of sp³-hybridized carbons (Fsp3) is 0.263. The van der Waals surface area contributed by atoms with Crippen molar-refractivity contribution < 1.29 is 4.74 Å². The molecule has 2 heterocycles. The lowest BCUT2D eigenvalue weighted by molar-refractivity contribution is 0.158. The Balaban J connectivity index is 2.28. The van der Waals surface area contributed by atoms with Gasteiger partial charge in [-0.3, -0.25) is 4.79 Å². The number of fused-ring (bicyclic) bond motifs is 1. The number of hydrogen-bond donors (Lipinski definition) is 0. The molecule has 0 aliphatic carbocycles. The van der Waals surface area contributed by atoms with E-state index in [1.165, 1.54) is 0 Å². The molecule has 23 heavy (non-hydrogen) atoms. The maximum atomic E-state index is 12.7. The number of pyridine rings is 1. The van der Waals surface area contributed by atoms with Crippen LogP contribution < -0.4 is 10.3 Å². The normalized spacial score (nSPS) is 15.1. The summed E-state index contributed by atoms with van der Waals surface area (Å²) in [5, 5.41) is 9.16. The first-order chi connectivity index (χ1) is 10.9. The summed E-state index contributed by atoms with van der Waals surface area (Å²) < 4.78 is 7.65. The van der Waals surface area contributed by atoms with E-state index in [9.17, 15) is 4.79 Å². The molecule has 0 N–H and O–H groups in total. The smallest absolute Gasteiger partial charge is 0.258 e. The van der Waals surface area contributed by atoms with E-state index in [0.29, 0.717) is 23.4 Å². The van der Waals surface area contributed by atoms with Crippen LogP contribution in [0.25, 0.3) is 5.57 Å². The maximum absolute atomic E-state index is 12.7. The van der Waals surface area contributed by atoms with Crippen molar-refractivity contribution in [2.75, 3.05) is 0 Å². The van der Waals surface area contributed by atoms with Gasteiger partial charge in [0, 0.05) is 23.9 Å². The molecular weight excluding hydrogens is 288 g/mol. The molecule has 1 aromatic carbocycles. The van der Waals surface area contributed by atoms with Crippen LogP contribution in [0.2, 0.25) is 0 Å². The predicted octanol–water partition coefficient (Wildman–Crippen LogP) is 3.34. The molecule has 1 aromatic heterocycles. The van der Waals surface area contributed by atoms with Gasteiger partial charge in [0.15, 0.2) is 0 Å². The van der Waals surface area contributed by atoms with E-state index < -0.39 is 5.60 Å². The van der Waals surface area contributed by atoms with E-state index in [-0.39, 0.29) is 5.56 Å². The first-order valence-corrected chi connectivity index (χ1v) is 7.61. The molecule has 0 spiro atoms. The predicted molar refractivity (Wildman–Crippen MR) is 89.3 cm³/mol. The van der Waals surface area contributed by atoms with Crippen molar-refractivity contribution in [3.05, 3.63) is 69.6 Å². The molecule has 116 valence electrons. The van der Waals surface area contributed by atoms with Gasteiger partial charge in [0.2, 0.25) is 0 Å². The zero-order chi connectivity index (χ0) is 16.6. The lowest BCUT2D eigenvalue weighted by Gasteiger charge is -2.31. The van der Waals surface area contributed by atoms with Crippen LogP contribution >= 0.6 is 0 Å². The van der Waals surface area contributed by atoms with Crippen molar-refractivity contribution >= 4 is 5.57 Å². The van der Waals surface area contributed by atoms with Crippen molar-refractivity contribution in [2.24, 2.45) is 0 Å². The second-order valence-corrected chi connectivity index (χ2v) is 6.10. The van der Waals surface area contributed by atoms with Crippen LogP contribution in [-0.2, 0) is 6.54 Å². The minimum absolute atomic E-state index is 0.0349. The molecule has 3 rings (SSSR count). The van der Waals surface area contributed by atoms with Gasteiger partial charge in [-0.05, 0) is 62.8 Å². The van der Waals surface area contributed by atoms with Crippen molar-refractivity contribution in [3.63, 3.8) is 0 Å². The lowest BCUT2D eigenvalue weighted by atomic mass is 9.89. The van der Waals surface area contributed by atoms with Crippen LogP contribution in [0.15, 0.2) is 47.4 Å². The number of benzene rings is 1. The van der Waals surface area contributed by atoms with Crippen LogP contribution in [0.5, 0.6) is 5.75 Å². The van der Waals surface area contributed by atoms with Crippen LogP contribution in [0.4, 0.5) is 0 Å². The van der Waals surface area contributed by atoms with Crippen molar-refractivity contribution in [3.8, 4) is 11.8 Å². The molecule has 0 radical (unpaired) electrons. The second-order valence-electron chi connectivity index (χ2n) is 6.10. The van der Waals surface area contributed by atoms with Gasteiger partial charge in [-0.15, -0.1) is 0 Å². The fourth-order valence-corrected chi connectivity index (χ4v) is 2.85. The molecule has 0 atom stereocenters. The molecule has 0 fully saturated rings. The van der Waals surface area contributed by atoms with Gasteiger partial charge in [0.25, 0.3) is 5.56 Å². The van der Waals surface area contributed by atoms with Crippen molar-refractivity contribution in [2.45, 2.75) is 32.9 Å². The van der Waals surface area contributed by atoms with E-state index in [2.05, 4.69) is 6.07 Å². The van der Waals surface area contributed by atoms with Crippen LogP contribution in [0, 0.1) is 11.3 Å². The Kier molecular flexibility index (Phi) is 3.57. The van der Waals surface area contributed by atoms with Gasteiger partial charge in [-0.25, -0.2) is 0 Å². The summed E-state index contributed by atoms with van der Waals surface area (Å²) in [6, 6.07) is 11.1. The zero-order valence-corrected chi connectivity index (χ0v) is 13.5. The summed E-state index contributed by atoms with van der Waals surface area (Å²) in [4.78, 5) is 12.7. The molecule has 4 nitrogen and oxygen atoms in total. The lowest BCUT2D eigenvalue weighted by Crippen LogP contribution is -2.31. The molecular formula is C19H18N2O2. The molecule has 2 aromatic rings. The van der Waals surface area contributed by atoms with Crippen LogP contribution in [0.3, 0.4) is 0 Å². The van der Waals surface area contributed by atoms with Gasteiger partial charge < -0.3 is 9.30 Å². The Bertz CT molecular complexity index is 898. The molecule has 4 heteroatoms. The summed E-state index contributed by atoms with van der Waals surface area (Å²) in [7, 11) is 0. The van der Waals surface area contributed by atoms with Crippen LogP contribution in [-0.4, -0.2) is 10.2 Å². The summed E-state index contributed by atoms with van der Waals surface area (Å²) in [5.41, 5.74) is 2.23. The third kappa shape index (κ3) is 2.66. The molecule has 0 saturated heterocycles. The largest absolute Gasteiger partial charge is 0.483 e. The Morgan fingerprint density at radius 1 is 1.26 bits per heavy atom. The number of nitriles is 1. The number of nitrogens with zero attached hydrogens (tertiary/aromatic N) is 2. The Morgan fingerprint density at radius 3 is 2.74 bits per heavy atom. The number of aromatic nitrogens is 1. The van der Waals surface area contributed by atoms with E-state index in [1.54, 1.807) is 29.0 Å². The van der Waals surface area contributed by atoms with E-state index >= 15 is 0 Å². The molecule has 1 aliphatic heterocycles. The molecule has 0 unspecified atom stereocenters. The number of hydrogen-bond acceptors (Lipinski definition) is 3. The quantitative estimate of drug-likeness (QED) is 0.855. The molecule has 0 amide bonds. The highest BCUT2D eigenvalue weighted by atomic mass is 16.5. The average Bonchev–Trinajstić information content (AvgIpc) is 2.53. The minimum atomic E-state index is -0.518. The minimum Gasteiger partial charge on any atom is -0.483 e. The maximum Gasteiger partial charge on any atom is 0.258 e. The molecule has 0 bridgehead atoms. The molecule has 1 aliphatic rings. The van der Waals surface area contributed by atoms with Crippen LogP contribution in [0.1, 0.15) is 37.5 Å². The highest BCUT2D eigenvalue weighted by molar-refractivity contribution is 5.85. The SMILES string of the molecule is CCn1cccc(C2=CC(C)(C)Oc3ccc(C#N)cc32)c1=O. The Labute approximate surface area is 135 Å². The standard InChI is InChI=1S/C19H18N2O2/c1-4-21-9-5-6-14(18(21)22)16-11-19(2,3)23-17-8-7-13(12-20)10-15(16)17/h5-11H,4H2,1-3H3. The topological polar surface area (TPSA) is 55.0 Å². The monoisotopic (exact) mass is 306 g/mol. The van der Waals surface area contributed by atoms with Gasteiger partial charge >= 0.3 is 0 Å². The number of rotatable bonds is 2. The number of aryl methyl sites for hydroxylation is 1. The van der Waals surface area contributed by atoms with Gasteiger partial charge in [0.1, 0.15) is 11.4 Å². The Morgan fingerprint density at radius 2 is 2.04 bits per heavy atom. The molecule has 0 saturated carbocycles. The van der Waals surface area contributed by atoms with Gasteiger partial charge in [-0.2, -0.15) is 5.26 Å². The first-order valence-electron chi connectivity index (χ1n) is 7.61. The third-order valence-corrected chi connectivity index (χ3v) is 3.91. The van der Waals surface area contributed by atoms with E-state index in [0.717, 1.165) is 11.1 Å². The van der Waals surface area contributed by atoms with Crippen molar-refractivity contribution in [1.82, 2.24) is 4.57 Å². The summed E-state index contributed by atoms with van der Waals surface area (Å²) in [6.45, 7) is 6.46. The highest BCUT2D eigenvalue weighted by Gasteiger charge is 2.28. The fourth-order valence-electron chi connectivity index (χ4n) is 2.85. The summed E-state index contributed by atoms with van der Waals surface area (Å²) >= 11 is 0. The van der Waals surface area contributed by atoms with Gasteiger partial charge in [-0.1, -0.05) is 0 Å². The summed E-state index contributed by atoms with van der Waals surface area (Å²) in [6.07, 6.45) is 3.73. The first kappa shape index (κ1) is 15.1. The summed E-state index contributed by atoms with van der Waals surface area (Å²) in [5.74, 6) is 0.692. The average molecular weight is 306 g/mol. The van der Waals surface area contributed by atoms with E-state index in [4.69, 9.17) is 10.00 Å². The zero-order valence-electron chi connectivity index (χ0n) is 13.5. The van der Waals surface area contributed by atoms with Crippen molar-refractivity contribution in [1.29, 1.82) is 5.26 Å².